The highest BCUT2D eigenvalue weighted by Gasteiger charge is 2.26. The summed E-state index contributed by atoms with van der Waals surface area (Å²) in [5.74, 6) is 1.33. The average molecular weight is 488 g/mol. The zero-order valence-electron chi connectivity index (χ0n) is 20.9. The van der Waals surface area contributed by atoms with Crippen molar-refractivity contribution >= 4 is 33.8 Å². The maximum Gasteiger partial charge on any atom is 0.261 e. The summed E-state index contributed by atoms with van der Waals surface area (Å²) in [6.07, 6.45) is 12.0. The number of rotatable bonds is 5. The van der Waals surface area contributed by atoms with Crippen molar-refractivity contribution in [2.45, 2.75) is 45.6 Å². The van der Waals surface area contributed by atoms with Gasteiger partial charge >= 0.3 is 0 Å². The Bertz CT molecular complexity index is 1380. The molecule has 1 amide bonds. The van der Waals surface area contributed by atoms with Crippen molar-refractivity contribution in [1.82, 2.24) is 24.4 Å². The van der Waals surface area contributed by atoms with E-state index in [2.05, 4.69) is 57.2 Å². The number of carbonyl (C=O) groups is 1. The summed E-state index contributed by atoms with van der Waals surface area (Å²) >= 11 is 0. The van der Waals surface area contributed by atoms with Crippen LogP contribution in [0.1, 0.15) is 55.9 Å². The van der Waals surface area contributed by atoms with Crippen molar-refractivity contribution in [2.75, 3.05) is 36.5 Å². The quantitative estimate of drug-likeness (QED) is 0.444. The van der Waals surface area contributed by atoms with Gasteiger partial charge in [0.05, 0.1) is 42.3 Å². The summed E-state index contributed by atoms with van der Waals surface area (Å²) in [4.78, 5) is 19.9. The number of morpholine rings is 1. The molecule has 1 aliphatic heterocycles. The first-order valence-electron chi connectivity index (χ1n) is 13.0. The lowest BCUT2D eigenvalue weighted by Gasteiger charge is -2.31. The minimum absolute atomic E-state index is 0.225. The lowest BCUT2D eigenvalue weighted by molar-refractivity contribution is 0.102. The predicted octanol–water partition coefficient (Wildman–Crippen LogP) is 4.56. The van der Waals surface area contributed by atoms with Crippen LogP contribution in [0.15, 0.2) is 43.0 Å². The molecule has 36 heavy (non-hydrogen) atoms. The molecule has 0 unspecified atom stereocenters. The van der Waals surface area contributed by atoms with Crippen molar-refractivity contribution in [2.24, 2.45) is 11.8 Å². The van der Waals surface area contributed by atoms with Gasteiger partial charge in [0.15, 0.2) is 5.65 Å². The van der Waals surface area contributed by atoms with Gasteiger partial charge in [0, 0.05) is 37.1 Å². The molecule has 0 spiro atoms. The molecule has 1 aromatic carbocycles. The molecule has 4 aromatic rings. The second-order valence-corrected chi connectivity index (χ2v) is 10.3. The normalized spacial score (nSPS) is 20.9. The van der Waals surface area contributed by atoms with E-state index in [1.807, 2.05) is 0 Å². The molecule has 9 nitrogen and oxygen atoms in total. The van der Waals surface area contributed by atoms with Gasteiger partial charge in [-0.25, -0.2) is 9.50 Å². The van der Waals surface area contributed by atoms with Crippen LogP contribution in [-0.4, -0.2) is 56.6 Å². The van der Waals surface area contributed by atoms with E-state index in [0.717, 1.165) is 47.2 Å². The molecular formula is C27H33N7O2. The maximum atomic E-state index is 13.3. The SMILES string of the molecule is CC(C)[C@H]1CC[C@H](n2cc3cc(NC(=O)c4cnn5cccnc45)c(N4CCOCC4)cc3n2)CC1. The van der Waals surface area contributed by atoms with Gasteiger partial charge in [-0.2, -0.15) is 10.2 Å². The van der Waals surface area contributed by atoms with Crippen LogP contribution in [0.2, 0.25) is 0 Å². The number of fused-ring (bicyclic) bond motifs is 2. The van der Waals surface area contributed by atoms with Crippen molar-refractivity contribution in [3.05, 3.63) is 48.5 Å². The van der Waals surface area contributed by atoms with Crippen LogP contribution in [0.3, 0.4) is 0 Å². The van der Waals surface area contributed by atoms with Crippen LogP contribution in [0.5, 0.6) is 0 Å². The maximum absolute atomic E-state index is 13.3. The highest BCUT2D eigenvalue weighted by molar-refractivity contribution is 6.10. The van der Waals surface area contributed by atoms with E-state index in [0.29, 0.717) is 30.5 Å². The molecule has 0 atom stereocenters. The Morgan fingerprint density at radius 3 is 2.72 bits per heavy atom. The van der Waals surface area contributed by atoms with Crippen LogP contribution < -0.4 is 10.2 Å². The first-order chi connectivity index (χ1) is 17.6. The summed E-state index contributed by atoms with van der Waals surface area (Å²) in [6.45, 7) is 7.53. The van der Waals surface area contributed by atoms with Gasteiger partial charge < -0.3 is 15.0 Å². The first-order valence-corrected chi connectivity index (χ1v) is 13.0. The fourth-order valence-corrected chi connectivity index (χ4v) is 5.64. The number of amides is 1. The lowest BCUT2D eigenvalue weighted by Crippen LogP contribution is -2.36. The van der Waals surface area contributed by atoms with E-state index in [1.54, 1.807) is 29.2 Å². The van der Waals surface area contributed by atoms with Crippen LogP contribution in [-0.2, 0) is 4.74 Å². The molecule has 1 saturated carbocycles. The third-order valence-corrected chi connectivity index (χ3v) is 7.82. The summed E-state index contributed by atoms with van der Waals surface area (Å²) < 4.78 is 9.35. The van der Waals surface area contributed by atoms with Gasteiger partial charge in [0.25, 0.3) is 5.91 Å². The molecule has 9 heteroatoms. The monoisotopic (exact) mass is 487 g/mol. The molecule has 0 bridgehead atoms. The lowest BCUT2D eigenvalue weighted by atomic mass is 9.80. The summed E-state index contributed by atoms with van der Waals surface area (Å²) in [6, 6.07) is 6.39. The third kappa shape index (κ3) is 4.32. The number of hydrogen-bond donors (Lipinski definition) is 1. The molecule has 4 heterocycles. The Hall–Kier alpha value is -3.46. The number of hydrogen-bond acceptors (Lipinski definition) is 6. The second-order valence-electron chi connectivity index (χ2n) is 10.3. The molecular weight excluding hydrogens is 454 g/mol. The van der Waals surface area contributed by atoms with E-state index >= 15 is 0 Å². The number of nitrogens with one attached hydrogen (secondary N) is 1. The summed E-state index contributed by atoms with van der Waals surface area (Å²) in [5.41, 5.74) is 3.68. The van der Waals surface area contributed by atoms with E-state index in [1.165, 1.54) is 25.7 Å². The molecule has 0 radical (unpaired) electrons. The van der Waals surface area contributed by atoms with Gasteiger partial charge in [-0.3, -0.25) is 9.48 Å². The van der Waals surface area contributed by atoms with Crippen LogP contribution in [0.4, 0.5) is 11.4 Å². The molecule has 1 N–H and O–H groups in total. The number of anilines is 2. The summed E-state index contributed by atoms with van der Waals surface area (Å²) in [7, 11) is 0. The molecule has 1 saturated heterocycles. The van der Waals surface area contributed by atoms with Crippen molar-refractivity contribution in [3.8, 4) is 0 Å². The Morgan fingerprint density at radius 2 is 1.94 bits per heavy atom. The molecule has 2 fully saturated rings. The van der Waals surface area contributed by atoms with Gasteiger partial charge in [-0.15, -0.1) is 0 Å². The Morgan fingerprint density at radius 1 is 1.14 bits per heavy atom. The van der Waals surface area contributed by atoms with Crippen LogP contribution >= 0.6 is 0 Å². The fourth-order valence-electron chi connectivity index (χ4n) is 5.64. The highest BCUT2D eigenvalue weighted by Crippen LogP contribution is 2.37. The largest absolute Gasteiger partial charge is 0.378 e. The van der Waals surface area contributed by atoms with E-state index in [9.17, 15) is 4.79 Å². The van der Waals surface area contributed by atoms with Crippen molar-refractivity contribution in [3.63, 3.8) is 0 Å². The minimum atomic E-state index is -0.225. The van der Waals surface area contributed by atoms with E-state index < -0.39 is 0 Å². The molecule has 1 aliphatic carbocycles. The van der Waals surface area contributed by atoms with Gasteiger partial charge in [-0.1, -0.05) is 13.8 Å². The van der Waals surface area contributed by atoms with E-state index in [4.69, 9.17) is 9.84 Å². The molecule has 2 aliphatic rings. The number of nitrogens with zero attached hydrogens (tertiary/aromatic N) is 6. The van der Waals surface area contributed by atoms with Crippen LogP contribution in [0, 0.1) is 11.8 Å². The summed E-state index contributed by atoms with van der Waals surface area (Å²) in [5, 5.41) is 13.4. The van der Waals surface area contributed by atoms with Gasteiger partial charge in [0.2, 0.25) is 0 Å². The Kier molecular flexibility index (Phi) is 6.08. The minimum Gasteiger partial charge on any atom is -0.378 e. The Balaban J connectivity index is 1.32. The molecule has 3 aromatic heterocycles. The topological polar surface area (TPSA) is 89.6 Å². The predicted molar refractivity (Wildman–Crippen MR) is 140 cm³/mol. The smallest absolute Gasteiger partial charge is 0.261 e. The fraction of sp³-hybridized carbons (Fsp3) is 0.481. The second kappa shape index (κ2) is 9.54. The van der Waals surface area contributed by atoms with E-state index in [-0.39, 0.29) is 5.91 Å². The Labute approximate surface area is 210 Å². The highest BCUT2D eigenvalue weighted by atomic mass is 16.5. The third-order valence-electron chi connectivity index (χ3n) is 7.82. The average Bonchev–Trinajstić information content (AvgIpc) is 3.53. The molecule has 188 valence electrons. The van der Waals surface area contributed by atoms with Crippen molar-refractivity contribution < 1.29 is 9.53 Å². The molecule has 6 rings (SSSR count). The number of aromatic nitrogens is 5. The first kappa shape index (κ1) is 23.0. The van der Waals surface area contributed by atoms with Crippen molar-refractivity contribution in [1.29, 1.82) is 0 Å². The van der Waals surface area contributed by atoms with Gasteiger partial charge in [0.1, 0.15) is 5.56 Å². The zero-order chi connectivity index (χ0) is 24.6. The number of benzene rings is 1. The standard InChI is InChI=1S/C27H33N7O2/c1-18(2)19-4-6-21(7-5-19)34-17-20-14-24(25(15-23(20)31-34)32-10-12-36-13-11-32)30-27(35)22-16-29-33-9-3-8-28-26(22)33/h3,8-9,14-19,21H,4-7,10-13H2,1-2H3,(H,30,35)/t19-,21-. The van der Waals surface area contributed by atoms with Crippen LogP contribution in [0.25, 0.3) is 16.6 Å². The van der Waals surface area contributed by atoms with Gasteiger partial charge in [-0.05, 0) is 55.7 Å². The number of ether oxygens (including phenoxy) is 1. The number of carbonyl (C=O) groups excluding carboxylic acids is 1. The zero-order valence-corrected chi connectivity index (χ0v) is 20.9.